The number of nitrogens with zero attached hydrogens (tertiary/aromatic N) is 1. The van der Waals surface area contributed by atoms with E-state index < -0.39 is 5.97 Å². The number of aromatic carboxylic acids is 1. The Morgan fingerprint density at radius 1 is 1.11 bits per heavy atom. The highest BCUT2D eigenvalue weighted by atomic mass is 16.4. The molecule has 28 heavy (non-hydrogen) atoms. The molecule has 4 nitrogen and oxygen atoms in total. The van der Waals surface area contributed by atoms with Crippen LogP contribution < -0.4 is 4.90 Å². The smallest absolute Gasteiger partial charge is 0.336 e. The highest BCUT2D eigenvalue weighted by molar-refractivity contribution is 5.98. The Morgan fingerprint density at radius 3 is 2.68 bits per heavy atom. The average molecular weight is 374 g/mol. The zero-order chi connectivity index (χ0) is 19.9. The van der Waals surface area contributed by atoms with Gasteiger partial charge in [-0.05, 0) is 59.2 Å². The minimum absolute atomic E-state index is 0.0990. The largest absolute Gasteiger partial charge is 0.478 e. The lowest BCUT2D eigenvalue weighted by molar-refractivity contribution is 0.0697. The van der Waals surface area contributed by atoms with Gasteiger partial charge in [0.15, 0.2) is 0 Å². The van der Waals surface area contributed by atoms with Crippen LogP contribution in [0.3, 0.4) is 0 Å². The van der Waals surface area contributed by atoms with E-state index in [2.05, 4.69) is 49.0 Å². The van der Waals surface area contributed by atoms with Crippen LogP contribution >= 0.6 is 0 Å². The fourth-order valence-corrected chi connectivity index (χ4v) is 4.32. The van der Waals surface area contributed by atoms with Crippen LogP contribution in [0.5, 0.6) is 0 Å². The summed E-state index contributed by atoms with van der Waals surface area (Å²) in [5, 5.41) is 9.60. The summed E-state index contributed by atoms with van der Waals surface area (Å²) in [4.78, 5) is 17.4. The fraction of sp³-hybridized carbons (Fsp3) is 0.292. The summed E-state index contributed by atoms with van der Waals surface area (Å²) >= 11 is 0. The first-order valence-corrected chi connectivity index (χ1v) is 9.74. The number of aromatic amines is 1. The number of H-pyrrole nitrogens is 1. The number of carboxylic acid groups (broad SMARTS) is 1. The predicted octanol–water partition coefficient (Wildman–Crippen LogP) is 5.55. The molecule has 0 atom stereocenters. The highest BCUT2D eigenvalue weighted by Crippen LogP contribution is 2.42. The quantitative estimate of drug-likeness (QED) is 0.631. The summed E-state index contributed by atoms with van der Waals surface area (Å²) in [5.41, 5.74) is 6.74. The number of fused-ring (bicyclic) bond motifs is 1. The first-order chi connectivity index (χ1) is 13.4. The van der Waals surface area contributed by atoms with Gasteiger partial charge in [-0.15, -0.1) is 0 Å². The van der Waals surface area contributed by atoms with E-state index in [-0.39, 0.29) is 5.41 Å². The number of carboxylic acids is 1. The number of aromatic nitrogens is 1. The second kappa shape index (κ2) is 6.86. The molecule has 0 saturated carbocycles. The molecule has 2 aromatic carbocycles. The van der Waals surface area contributed by atoms with Gasteiger partial charge in [-0.25, -0.2) is 4.79 Å². The summed E-state index contributed by atoms with van der Waals surface area (Å²) < 4.78 is 0. The van der Waals surface area contributed by atoms with Gasteiger partial charge in [-0.1, -0.05) is 38.1 Å². The van der Waals surface area contributed by atoms with Crippen LogP contribution in [-0.4, -0.2) is 29.7 Å². The molecule has 4 heteroatoms. The first kappa shape index (κ1) is 18.4. The average Bonchev–Trinajstić information content (AvgIpc) is 3.13. The number of nitrogens with one attached hydrogen (secondary N) is 1. The molecule has 1 aliphatic heterocycles. The number of hydrogen-bond donors (Lipinski definition) is 2. The molecule has 4 rings (SSSR count). The number of rotatable bonds is 3. The van der Waals surface area contributed by atoms with Crippen LogP contribution in [0.2, 0.25) is 0 Å². The first-order valence-electron chi connectivity index (χ1n) is 9.74. The number of benzene rings is 2. The van der Waals surface area contributed by atoms with E-state index in [1.807, 2.05) is 24.4 Å². The monoisotopic (exact) mass is 374 g/mol. The van der Waals surface area contributed by atoms with Crippen LogP contribution in [0.15, 0.2) is 54.7 Å². The van der Waals surface area contributed by atoms with Gasteiger partial charge < -0.3 is 15.0 Å². The van der Waals surface area contributed by atoms with E-state index in [1.54, 1.807) is 12.1 Å². The van der Waals surface area contributed by atoms with Crippen molar-refractivity contribution in [2.24, 2.45) is 0 Å². The Bertz CT molecular complexity index is 1030. The maximum absolute atomic E-state index is 11.7. The van der Waals surface area contributed by atoms with Crippen LogP contribution in [0.1, 0.15) is 42.6 Å². The number of hydrogen-bond acceptors (Lipinski definition) is 2. The highest BCUT2D eigenvalue weighted by Gasteiger charge is 2.28. The van der Waals surface area contributed by atoms with Gasteiger partial charge in [0.05, 0.1) is 11.3 Å². The van der Waals surface area contributed by atoms with Gasteiger partial charge in [0.25, 0.3) is 0 Å². The second-order valence-corrected chi connectivity index (χ2v) is 8.26. The van der Waals surface area contributed by atoms with E-state index in [9.17, 15) is 9.90 Å². The second-order valence-electron chi connectivity index (χ2n) is 8.26. The van der Waals surface area contributed by atoms with E-state index in [0.717, 1.165) is 35.3 Å². The van der Waals surface area contributed by atoms with E-state index in [1.165, 1.54) is 17.7 Å². The van der Waals surface area contributed by atoms with Crippen LogP contribution in [0.4, 0.5) is 5.69 Å². The summed E-state index contributed by atoms with van der Waals surface area (Å²) in [6.07, 6.45) is 4.20. The Hall–Kier alpha value is -3.01. The Kier molecular flexibility index (Phi) is 4.50. The lowest BCUT2D eigenvalue weighted by Crippen LogP contribution is -2.19. The van der Waals surface area contributed by atoms with E-state index in [4.69, 9.17) is 0 Å². The van der Waals surface area contributed by atoms with Crippen molar-refractivity contribution in [3.63, 3.8) is 0 Å². The maximum Gasteiger partial charge on any atom is 0.336 e. The summed E-state index contributed by atoms with van der Waals surface area (Å²) in [5.74, 6) is -0.910. The van der Waals surface area contributed by atoms with Crippen molar-refractivity contribution < 1.29 is 9.90 Å². The SMILES string of the molecule is CN1CCCC(C)(C)c2cc(-c3[nH]ccc3-c3ccccc3C(=O)O)ccc21. The zero-order valence-electron chi connectivity index (χ0n) is 16.6. The molecule has 0 amide bonds. The van der Waals surface area contributed by atoms with Crippen molar-refractivity contribution in [2.75, 3.05) is 18.5 Å². The van der Waals surface area contributed by atoms with Crippen LogP contribution in [0.25, 0.3) is 22.4 Å². The van der Waals surface area contributed by atoms with Crippen molar-refractivity contribution >= 4 is 11.7 Å². The molecule has 1 aromatic heterocycles. The summed E-state index contributed by atoms with van der Waals surface area (Å²) in [6.45, 7) is 5.68. The van der Waals surface area contributed by atoms with Crippen molar-refractivity contribution in [3.8, 4) is 22.4 Å². The zero-order valence-corrected chi connectivity index (χ0v) is 16.6. The molecule has 3 aromatic rings. The molecule has 0 unspecified atom stereocenters. The van der Waals surface area contributed by atoms with Gasteiger partial charge in [-0.2, -0.15) is 0 Å². The van der Waals surface area contributed by atoms with Gasteiger partial charge >= 0.3 is 5.97 Å². The van der Waals surface area contributed by atoms with Crippen molar-refractivity contribution in [2.45, 2.75) is 32.1 Å². The Labute approximate surface area is 165 Å². The normalized spacial score (nSPS) is 15.8. The Morgan fingerprint density at radius 2 is 1.89 bits per heavy atom. The van der Waals surface area contributed by atoms with E-state index in [0.29, 0.717) is 5.56 Å². The molecule has 1 aliphatic rings. The fourth-order valence-electron chi connectivity index (χ4n) is 4.32. The summed E-state index contributed by atoms with van der Waals surface area (Å²) in [6, 6.07) is 15.7. The minimum atomic E-state index is -0.910. The molecule has 2 N–H and O–H groups in total. The lowest BCUT2D eigenvalue weighted by Gasteiger charge is -2.27. The summed E-state index contributed by atoms with van der Waals surface area (Å²) in [7, 11) is 2.16. The van der Waals surface area contributed by atoms with Crippen molar-refractivity contribution in [1.29, 1.82) is 0 Å². The maximum atomic E-state index is 11.7. The molecular formula is C24H26N2O2. The Balaban J connectivity index is 1.87. The van der Waals surface area contributed by atoms with Crippen LogP contribution in [-0.2, 0) is 5.41 Å². The molecular weight excluding hydrogens is 348 g/mol. The molecule has 2 heterocycles. The third kappa shape index (κ3) is 3.09. The molecule has 144 valence electrons. The molecule has 0 radical (unpaired) electrons. The van der Waals surface area contributed by atoms with Crippen molar-refractivity contribution in [1.82, 2.24) is 4.98 Å². The number of anilines is 1. The topological polar surface area (TPSA) is 56.3 Å². The van der Waals surface area contributed by atoms with Gasteiger partial charge in [-0.3, -0.25) is 0 Å². The number of carbonyl (C=O) groups is 1. The molecule has 0 fully saturated rings. The van der Waals surface area contributed by atoms with Gasteiger partial charge in [0.1, 0.15) is 0 Å². The van der Waals surface area contributed by atoms with Crippen LogP contribution in [0, 0.1) is 0 Å². The standard InChI is InChI=1S/C24H26N2O2/c1-24(2)12-6-14-26(3)21-10-9-16(15-20(21)24)22-18(11-13-25-22)17-7-4-5-8-19(17)23(27)28/h4-5,7-11,13,15,25H,6,12,14H2,1-3H3,(H,27,28). The predicted molar refractivity (Wildman–Crippen MR) is 114 cm³/mol. The molecule has 0 aliphatic carbocycles. The molecule has 0 spiro atoms. The van der Waals surface area contributed by atoms with Gasteiger partial charge in [0, 0.05) is 31.0 Å². The molecule has 0 bridgehead atoms. The van der Waals surface area contributed by atoms with Gasteiger partial charge in [0.2, 0.25) is 0 Å². The van der Waals surface area contributed by atoms with E-state index >= 15 is 0 Å². The third-order valence-corrected chi connectivity index (χ3v) is 5.92. The molecule has 0 saturated heterocycles. The minimum Gasteiger partial charge on any atom is -0.478 e. The lowest BCUT2D eigenvalue weighted by atomic mass is 9.79. The third-order valence-electron chi connectivity index (χ3n) is 5.92. The van der Waals surface area contributed by atoms with Crippen molar-refractivity contribution in [3.05, 3.63) is 65.9 Å².